The van der Waals surface area contributed by atoms with Crippen molar-refractivity contribution in [1.29, 1.82) is 0 Å². The first-order chi connectivity index (χ1) is 12.0. The van der Waals surface area contributed by atoms with Gasteiger partial charge in [-0.25, -0.2) is 4.79 Å². The van der Waals surface area contributed by atoms with E-state index in [4.69, 9.17) is 14.6 Å². The van der Waals surface area contributed by atoms with Gasteiger partial charge in [0.15, 0.2) is 0 Å². The number of carbonyl (C=O) groups excluding carboxylic acids is 1. The number of aryl methyl sites for hydroxylation is 1. The zero-order valence-corrected chi connectivity index (χ0v) is 14.9. The van der Waals surface area contributed by atoms with Crippen LogP contribution in [0.15, 0.2) is 18.2 Å². The van der Waals surface area contributed by atoms with Gasteiger partial charge in [0, 0.05) is 36.7 Å². The molecule has 0 aliphatic carbocycles. The van der Waals surface area contributed by atoms with Crippen LogP contribution in [0.2, 0.25) is 0 Å². The molecule has 138 valence electrons. The lowest BCUT2D eigenvalue weighted by molar-refractivity contribution is 0.0527. The molecule has 3 N–H and O–H groups in total. The molecule has 0 saturated heterocycles. The second-order valence-corrected chi connectivity index (χ2v) is 5.81. The standard InChI is InChI=1S/C18H26N2O5/c1-4-24-18(23)17-12(2)20(3)16-6-5-14(9-15(16)17)25-11-13(22)10-19-7-8-21/h5-6,9,13,19,21-22H,4,7-8,10-11H2,1-3H3/t13-/m0/s1. The van der Waals surface area contributed by atoms with E-state index in [2.05, 4.69) is 5.32 Å². The molecule has 0 spiro atoms. The number of aliphatic hydroxyl groups is 2. The van der Waals surface area contributed by atoms with Crippen LogP contribution in [-0.2, 0) is 11.8 Å². The molecule has 0 amide bonds. The van der Waals surface area contributed by atoms with Crippen molar-refractivity contribution in [2.45, 2.75) is 20.0 Å². The third-order valence-corrected chi connectivity index (χ3v) is 4.05. The van der Waals surface area contributed by atoms with Crippen LogP contribution in [0.3, 0.4) is 0 Å². The fourth-order valence-corrected chi connectivity index (χ4v) is 2.70. The normalized spacial score (nSPS) is 12.4. The van der Waals surface area contributed by atoms with Gasteiger partial charge in [0.1, 0.15) is 18.5 Å². The van der Waals surface area contributed by atoms with Gasteiger partial charge < -0.3 is 29.6 Å². The van der Waals surface area contributed by atoms with Crippen molar-refractivity contribution < 1.29 is 24.5 Å². The minimum Gasteiger partial charge on any atom is -0.491 e. The third-order valence-electron chi connectivity index (χ3n) is 4.05. The predicted molar refractivity (Wildman–Crippen MR) is 95.1 cm³/mol. The number of esters is 1. The highest BCUT2D eigenvalue weighted by Gasteiger charge is 2.20. The summed E-state index contributed by atoms with van der Waals surface area (Å²) in [5.41, 5.74) is 2.28. The number of nitrogens with zero attached hydrogens (tertiary/aromatic N) is 1. The van der Waals surface area contributed by atoms with Crippen molar-refractivity contribution in [3.63, 3.8) is 0 Å². The van der Waals surface area contributed by atoms with Gasteiger partial charge in [0.05, 0.1) is 18.8 Å². The largest absolute Gasteiger partial charge is 0.491 e. The molecule has 1 aromatic heterocycles. The van der Waals surface area contributed by atoms with Crippen LogP contribution in [0.5, 0.6) is 5.75 Å². The average Bonchev–Trinajstić information content (AvgIpc) is 2.84. The van der Waals surface area contributed by atoms with Gasteiger partial charge in [-0.15, -0.1) is 0 Å². The summed E-state index contributed by atoms with van der Waals surface area (Å²) in [5.74, 6) is 0.223. The number of carbonyl (C=O) groups is 1. The Morgan fingerprint density at radius 2 is 2.16 bits per heavy atom. The molecular formula is C18H26N2O5. The van der Waals surface area contributed by atoms with Gasteiger partial charge in [-0.05, 0) is 32.0 Å². The maximum atomic E-state index is 12.3. The van der Waals surface area contributed by atoms with E-state index < -0.39 is 6.10 Å². The highest BCUT2D eigenvalue weighted by molar-refractivity contribution is 6.06. The summed E-state index contributed by atoms with van der Waals surface area (Å²) in [5, 5.41) is 22.2. The van der Waals surface area contributed by atoms with Crippen LogP contribution in [0.25, 0.3) is 10.9 Å². The smallest absolute Gasteiger partial charge is 0.340 e. The van der Waals surface area contributed by atoms with Gasteiger partial charge in [0.25, 0.3) is 0 Å². The van der Waals surface area contributed by atoms with E-state index in [1.807, 2.05) is 30.7 Å². The molecule has 7 nitrogen and oxygen atoms in total. The monoisotopic (exact) mass is 350 g/mol. The summed E-state index contributed by atoms with van der Waals surface area (Å²) in [6, 6.07) is 5.49. The molecule has 7 heteroatoms. The molecule has 0 aliphatic rings. The molecule has 2 aromatic rings. The van der Waals surface area contributed by atoms with Gasteiger partial charge in [-0.1, -0.05) is 0 Å². The minimum absolute atomic E-state index is 0.0221. The van der Waals surface area contributed by atoms with E-state index in [-0.39, 0.29) is 19.2 Å². The zero-order valence-electron chi connectivity index (χ0n) is 14.9. The maximum Gasteiger partial charge on any atom is 0.340 e. The Kier molecular flexibility index (Phi) is 6.81. The van der Waals surface area contributed by atoms with Gasteiger partial charge in [-0.3, -0.25) is 0 Å². The molecule has 25 heavy (non-hydrogen) atoms. The Morgan fingerprint density at radius 3 is 2.84 bits per heavy atom. The molecule has 1 atom stereocenters. The van der Waals surface area contributed by atoms with Crippen molar-refractivity contribution in [3.05, 3.63) is 29.5 Å². The molecule has 1 aromatic carbocycles. The van der Waals surface area contributed by atoms with Crippen molar-refractivity contribution >= 4 is 16.9 Å². The van der Waals surface area contributed by atoms with Crippen molar-refractivity contribution in [2.75, 3.05) is 32.9 Å². The molecule has 2 rings (SSSR count). The molecule has 0 aliphatic heterocycles. The highest BCUT2D eigenvalue weighted by atomic mass is 16.5. The van der Waals surface area contributed by atoms with E-state index in [1.54, 1.807) is 13.0 Å². The lowest BCUT2D eigenvalue weighted by atomic mass is 10.1. The van der Waals surface area contributed by atoms with E-state index >= 15 is 0 Å². The van der Waals surface area contributed by atoms with Crippen molar-refractivity contribution in [3.8, 4) is 5.75 Å². The summed E-state index contributed by atoms with van der Waals surface area (Å²) in [7, 11) is 1.90. The molecule has 0 saturated carbocycles. The zero-order chi connectivity index (χ0) is 18.4. The summed E-state index contributed by atoms with van der Waals surface area (Å²) < 4.78 is 12.7. The van der Waals surface area contributed by atoms with Gasteiger partial charge in [-0.2, -0.15) is 0 Å². The van der Waals surface area contributed by atoms with Crippen LogP contribution in [-0.4, -0.2) is 59.8 Å². The number of rotatable bonds is 9. The van der Waals surface area contributed by atoms with E-state index in [1.165, 1.54) is 0 Å². The second kappa shape index (κ2) is 8.84. The number of benzene rings is 1. The lowest BCUT2D eigenvalue weighted by Gasteiger charge is -2.13. The van der Waals surface area contributed by atoms with Gasteiger partial charge >= 0.3 is 5.97 Å². The second-order valence-electron chi connectivity index (χ2n) is 5.81. The van der Waals surface area contributed by atoms with E-state index in [9.17, 15) is 9.90 Å². The lowest BCUT2D eigenvalue weighted by Crippen LogP contribution is -2.32. The first-order valence-corrected chi connectivity index (χ1v) is 8.38. The Balaban J connectivity index is 2.18. The topological polar surface area (TPSA) is 93.0 Å². The molecule has 0 radical (unpaired) electrons. The summed E-state index contributed by atoms with van der Waals surface area (Å²) in [6.07, 6.45) is -0.690. The number of fused-ring (bicyclic) bond motifs is 1. The fraction of sp³-hybridized carbons (Fsp3) is 0.500. The van der Waals surface area contributed by atoms with Gasteiger partial charge in [0.2, 0.25) is 0 Å². The van der Waals surface area contributed by atoms with Crippen LogP contribution < -0.4 is 10.1 Å². The van der Waals surface area contributed by atoms with E-state index in [0.29, 0.717) is 31.0 Å². The number of ether oxygens (including phenoxy) is 2. The Bertz CT molecular complexity index is 726. The number of nitrogens with one attached hydrogen (secondary N) is 1. The van der Waals surface area contributed by atoms with Crippen molar-refractivity contribution in [2.24, 2.45) is 7.05 Å². The number of aliphatic hydroxyl groups excluding tert-OH is 2. The average molecular weight is 350 g/mol. The number of aromatic nitrogens is 1. The Morgan fingerprint density at radius 1 is 1.40 bits per heavy atom. The van der Waals surface area contributed by atoms with Crippen molar-refractivity contribution in [1.82, 2.24) is 9.88 Å². The SMILES string of the molecule is CCOC(=O)c1c(C)n(C)c2ccc(OC[C@@H](O)CNCCO)cc12. The highest BCUT2D eigenvalue weighted by Crippen LogP contribution is 2.29. The Hall–Kier alpha value is -2.09. The molecule has 0 unspecified atom stereocenters. The minimum atomic E-state index is -0.690. The van der Waals surface area contributed by atoms with E-state index in [0.717, 1.165) is 16.6 Å². The molecule has 0 fully saturated rings. The summed E-state index contributed by atoms with van der Waals surface area (Å²) in [4.78, 5) is 12.3. The maximum absolute atomic E-state index is 12.3. The quantitative estimate of drug-likeness (QED) is 0.461. The van der Waals surface area contributed by atoms with Crippen LogP contribution in [0, 0.1) is 6.92 Å². The third kappa shape index (κ3) is 4.50. The van der Waals surface area contributed by atoms with Crippen LogP contribution >= 0.6 is 0 Å². The first-order valence-electron chi connectivity index (χ1n) is 8.38. The molecular weight excluding hydrogens is 324 g/mol. The molecule has 0 bridgehead atoms. The van der Waals surface area contributed by atoms with Crippen LogP contribution in [0.4, 0.5) is 0 Å². The molecule has 1 heterocycles. The predicted octanol–water partition coefficient (Wildman–Crippen LogP) is 0.985. The number of hydrogen-bond acceptors (Lipinski definition) is 6. The van der Waals surface area contributed by atoms with Crippen LogP contribution in [0.1, 0.15) is 23.0 Å². The summed E-state index contributed by atoms with van der Waals surface area (Å²) in [6.45, 7) is 4.87. The Labute approximate surface area is 147 Å². The summed E-state index contributed by atoms with van der Waals surface area (Å²) >= 11 is 0. The first kappa shape index (κ1) is 19.2. The number of hydrogen-bond donors (Lipinski definition) is 3. The fourth-order valence-electron chi connectivity index (χ4n) is 2.70.